The molecule has 2 aromatic carbocycles. The van der Waals surface area contributed by atoms with Crippen molar-refractivity contribution in [2.45, 2.75) is 30.1 Å². The average molecular weight is 243 g/mol. The maximum atomic E-state index is 6.04. The van der Waals surface area contributed by atoms with Crippen molar-refractivity contribution in [1.29, 1.82) is 0 Å². The van der Waals surface area contributed by atoms with Gasteiger partial charge in [0.15, 0.2) is 0 Å². The van der Waals surface area contributed by atoms with Crippen molar-refractivity contribution in [2.75, 3.05) is 5.73 Å². The van der Waals surface area contributed by atoms with Gasteiger partial charge >= 0.3 is 0 Å². The predicted molar refractivity (Wildman–Crippen MR) is 75.5 cm³/mol. The van der Waals surface area contributed by atoms with Gasteiger partial charge in [0.2, 0.25) is 0 Å². The van der Waals surface area contributed by atoms with E-state index in [2.05, 4.69) is 50.2 Å². The molecule has 0 atom stereocenters. The zero-order valence-corrected chi connectivity index (χ0v) is 11.1. The molecular formula is C15H17NS. The van der Waals surface area contributed by atoms with E-state index in [9.17, 15) is 0 Å². The molecule has 0 aliphatic rings. The summed E-state index contributed by atoms with van der Waals surface area (Å²) in [4.78, 5) is 2.43. The number of aryl methyl sites for hydroxylation is 2. The van der Waals surface area contributed by atoms with Gasteiger partial charge in [-0.2, -0.15) is 0 Å². The lowest BCUT2D eigenvalue weighted by atomic mass is 10.2. The molecule has 0 unspecified atom stereocenters. The van der Waals surface area contributed by atoms with Crippen LogP contribution < -0.4 is 5.73 Å². The van der Waals surface area contributed by atoms with E-state index in [0.29, 0.717) is 0 Å². The van der Waals surface area contributed by atoms with Gasteiger partial charge in [0.1, 0.15) is 0 Å². The molecule has 0 aliphatic heterocycles. The van der Waals surface area contributed by atoms with Crippen LogP contribution in [0, 0.1) is 6.92 Å². The van der Waals surface area contributed by atoms with Gasteiger partial charge in [0.05, 0.1) is 0 Å². The van der Waals surface area contributed by atoms with Crippen LogP contribution in [0.4, 0.5) is 5.69 Å². The number of nitrogens with two attached hydrogens (primary N) is 1. The van der Waals surface area contributed by atoms with Crippen LogP contribution in [0.2, 0.25) is 0 Å². The predicted octanol–water partition coefficient (Wildman–Crippen LogP) is 4.29. The van der Waals surface area contributed by atoms with Gasteiger partial charge in [-0.05, 0) is 42.7 Å². The number of rotatable bonds is 3. The first-order chi connectivity index (χ1) is 8.20. The third-order valence-electron chi connectivity index (χ3n) is 2.74. The van der Waals surface area contributed by atoms with Crippen LogP contribution in [0.15, 0.2) is 52.3 Å². The van der Waals surface area contributed by atoms with Crippen LogP contribution in [-0.2, 0) is 6.42 Å². The van der Waals surface area contributed by atoms with E-state index in [-0.39, 0.29) is 0 Å². The fourth-order valence-corrected chi connectivity index (χ4v) is 2.81. The molecule has 0 aromatic heterocycles. The van der Waals surface area contributed by atoms with Gasteiger partial charge in [0.25, 0.3) is 0 Å². The second kappa shape index (κ2) is 5.28. The maximum Gasteiger partial charge on any atom is 0.0458 e. The third-order valence-corrected chi connectivity index (χ3v) is 3.95. The van der Waals surface area contributed by atoms with Crippen LogP contribution >= 0.6 is 11.8 Å². The fourth-order valence-electron chi connectivity index (χ4n) is 1.77. The van der Waals surface area contributed by atoms with E-state index in [4.69, 9.17) is 5.73 Å². The first kappa shape index (κ1) is 12.1. The minimum absolute atomic E-state index is 0.862. The molecule has 17 heavy (non-hydrogen) atoms. The Morgan fingerprint density at radius 2 is 1.82 bits per heavy atom. The zero-order chi connectivity index (χ0) is 12.3. The van der Waals surface area contributed by atoms with Crippen LogP contribution in [0.3, 0.4) is 0 Å². The first-order valence-corrected chi connectivity index (χ1v) is 6.64. The summed E-state index contributed by atoms with van der Waals surface area (Å²) in [6.45, 7) is 4.24. The molecule has 0 amide bonds. The minimum atomic E-state index is 0.862. The molecular weight excluding hydrogens is 226 g/mol. The molecule has 2 heteroatoms. The molecule has 2 aromatic rings. The highest BCUT2D eigenvalue weighted by molar-refractivity contribution is 7.99. The average Bonchev–Trinajstić information content (AvgIpc) is 2.33. The lowest BCUT2D eigenvalue weighted by Gasteiger charge is -2.09. The Kier molecular flexibility index (Phi) is 3.75. The normalized spacial score (nSPS) is 10.5. The van der Waals surface area contributed by atoms with Crippen LogP contribution in [-0.4, -0.2) is 0 Å². The monoisotopic (exact) mass is 243 g/mol. The second-order valence-corrected chi connectivity index (χ2v) is 5.19. The topological polar surface area (TPSA) is 26.0 Å². The van der Waals surface area contributed by atoms with Crippen LogP contribution in [0.5, 0.6) is 0 Å². The van der Waals surface area contributed by atoms with Crippen LogP contribution in [0.25, 0.3) is 0 Å². The summed E-state index contributed by atoms with van der Waals surface area (Å²) < 4.78 is 0. The van der Waals surface area contributed by atoms with Gasteiger partial charge in [-0.1, -0.05) is 43.0 Å². The standard InChI is InChI=1S/C15H17NS/c1-3-12-6-4-5-7-14(12)17-15-9-8-11(2)10-13(15)16/h4-10H,3,16H2,1-2H3. The van der Waals surface area contributed by atoms with Gasteiger partial charge in [0, 0.05) is 15.5 Å². The van der Waals surface area contributed by atoms with E-state index in [0.717, 1.165) is 17.0 Å². The number of nitrogen functional groups attached to an aromatic ring is 1. The lowest BCUT2D eigenvalue weighted by Crippen LogP contribution is -1.90. The van der Waals surface area contributed by atoms with Crippen molar-refractivity contribution in [2.24, 2.45) is 0 Å². The number of benzene rings is 2. The third kappa shape index (κ3) is 2.83. The summed E-state index contributed by atoms with van der Waals surface area (Å²) in [7, 11) is 0. The van der Waals surface area contributed by atoms with E-state index in [1.807, 2.05) is 6.07 Å². The smallest absolute Gasteiger partial charge is 0.0458 e. The largest absolute Gasteiger partial charge is 0.398 e. The van der Waals surface area contributed by atoms with Gasteiger partial charge in [-0.25, -0.2) is 0 Å². The maximum absolute atomic E-state index is 6.04. The van der Waals surface area contributed by atoms with Gasteiger partial charge < -0.3 is 5.73 Å². The molecule has 0 saturated heterocycles. The van der Waals surface area contributed by atoms with Gasteiger partial charge in [-0.3, -0.25) is 0 Å². The molecule has 0 heterocycles. The highest BCUT2D eigenvalue weighted by Crippen LogP contribution is 2.34. The Morgan fingerprint density at radius 1 is 1.06 bits per heavy atom. The summed E-state index contributed by atoms with van der Waals surface area (Å²) in [5, 5.41) is 0. The molecule has 0 spiro atoms. The Bertz CT molecular complexity index is 520. The summed E-state index contributed by atoms with van der Waals surface area (Å²) >= 11 is 1.75. The molecule has 0 aliphatic carbocycles. The highest BCUT2D eigenvalue weighted by Gasteiger charge is 2.05. The minimum Gasteiger partial charge on any atom is -0.398 e. The van der Waals surface area contributed by atoms with Crippen molar-refractivity contribution < 1.29 is 0 Å². The van der Waals surface area contributed by atoms with Gasteiger partial charge in [-0.15, -0.1) is 0 Å². The van der Waals surface area contributed by atoms with E-state index < -0.39 is 0 Å². The summed E-state index contributed by atoms with van der Waals surface area (Å²) in [5.41, 5.74) is 9.48. The SMILES string of the molecule is CCc1ccccc1Sc1ccc(C)cc1N. The molecule has 0 bridgehead atoms. The lowest BCUT2D eigenvalue weighted by molar-refractivity contribution is 1.08. The molecule has 88 valence electrons. The number of hydrogen-bond donors (Lipinski definition) is 1. The molecule has 0 radical (unpaired) electrons. The van der Waals surface area contributed by atoms with Crippen LogP contribution in [0.1, 0.15) is 18.1 Å². The highest BCUT2D eigenvalue weighted by atomic mass is 32.2. The first-order valence-electron chi connectivity index (χ1n) is 5.82. The Balaban J connectivity index is 2.31. The molecule has 0 fully saturated rings. The van der Waals surface area contributed by atoms with Crippen molar-refractivity contribution in [3.63, 3.8) is 0 Å². The Morgan fingerprint density at radius 3 is 2.53 bits per heavy atom. The van der Waals surface area contributed by atoms with E-state index in [1.54, 1.807) is 11.8 Å². The second-order valence-electron chi connectivity index (χ2n) is 4.10. The number of hydrogen-bond acceptors (Lipinski definition) is 2. The fraction of sp³-hybridized carbons (Fsp3) is 0.200. The molecule has 2 N–H and O–H groups in total. The zero-order valence-electron chi connectivity index (χ0n) is 10.2. The Labute approximate surface area is 107 Å². The summed E-state index contributed by atoms with van der Waals surface area (Å²) in [6.07, 6.45) is 1.05. The van der Waals surface area contributed by atoms with E-state index in [1.165, 1.54) is 16.0 Å². The molecule has 2 rings (SSSR count). The molecule has 1 nitrogen and oxygen atoms in total. The Hall–Kier alpha value is -1.41. The van der Waals surface area contributed by atoms with Crippen molar-refractivity contribution in [1.82, 2.24) is 0 Å². The van der Waals surface area contributed by atoms with E-state index >= 15 is 0 Å². The van der Waals surface area contributed by atoms with Crippen molar-refractivity contribution in [3.8, 4) is 0 Å². The van der Waals surface area contributed by atoms with Crippen molar-refractivity contribution in [3.05, 3.63) is 53.6 Å². The summed E-state index contributed by atoms with van der Waals surface area (Å²) in [6, 6.07) is 14.7. The molecule has 0 saturated carbocycles. The number of anilines is 1. The quantitative estimate of drug-likeness (QED) is 0.814. The van der Waals surface area contributed by atoms with Crippen molar-refractivity contribution >= 4 is 17.4 Å². The summed E-state index contributed by atoms with van der Waals surface area (Å²) in [5.74, 6) is 0.